The first-order valence-corrected chi connectivity index (χ1v) is 7.62. The lowest BCUT2D eigenvalue weighted by atomic mass is 9.98. The van der Waals surface area contributed by atoms with Crippen molar-refractivity contribution in [1.29, 1.82) is 0 Å². The molecule has 0 unspecified atom stereocenters. The van der Waals surface area contributed by atoms with Gasteiger partial charge in [0.15, 0.2) is 0 Å². The van der Waals surface area contributed by atoms with Gasteiger partial charge in [0, 0.05) is 18.2 Å². The molecule has 1 heterocycles. The fraction of sp³-hybridized carbons (Fsp3) is 0.625. The summed E-state index contributed by atoms with van der Waals surface area (Å²) in [7, 11) is 0. The van der Waals surface area contributed by atoms with Gasteiger partial charge in [0.2, 0.25) is 0 Å². The van der Waals surface area contributed by atoms with Gasteiger partial charge in [-0.2, -0.15) is 0 Å². The Labute approximate surface area is 133 Å². The van der Waals surface area contributed by atoms with E-state index in [1.165, 1.54) is 25.0 Å². The van der Waals surface area contributed by atoms with Crippen molar-refractivity contribution in [3.05, 3.63) is 29.6 Å². The number of hydrogen-bond acceptors (Lipinski definition) is 3. The Kier molecular flexibility index (Phi) is 8.66. The van der Waals surface area contributed by atoms with Gasteiger partial charge in [-0.25, -0.2) is 4.39 Å². The van der Waals surface area contributed by atoms with Gasteiger partial charge in [0.1, 0.15) is 11.6 Å². The number of ether oxygens (including phenoxy) is 1. The van der Waals surface area contributed by atoms with Crippen LogP contribution in [0.4, 0.5) is 4.39 Å². The summed E-state index contributed by atoms with van der Waals surface area (Å²) in [6, 6.07) is 4.80. The average Bonchev–Trinajstić information content (AvgIpc) is 2.48. The molecule has 0 radical (unpaired) electrons. The molecule has 0 atom stereocenters. The number of hydrogen-bond donors (Lipinski definition) is 2. The lowest BCUT2D eigenvalue weighted by Gasteiger charge is -2.23. The van der Waals surface area contributed by atoms with Crippen molar-refractivity contribution in [2.45, 2.75) is 32.7 Å². The summed E-state index contributed by atoms with van der Waals surface area (Å²) in [6.45, 7) is 6.68. The zero-order valence-electron chi connectivity index (χ0n) is 12.7. The van der Waals surface area contributed by atoms with E-state index in [4.69, 9.17) is 4.74 Å². The number of rotatable bonds is 7. The molecular weight excluding hydrogens is 291 g/mol. The second-order valence-corrected chi connectivity index (χ2v) is 5.42. The van der Waals surface area contributed by atoms with Crippen LogP contribution in [-0.4, -0.2) is 26.2 Å². The molecule has 0 bridgehead atoms. The van der Waals surface area contributed by atoms with Crippen molar-refractivity contribution in [2.24, 2.45) is 5.92 Å². The fourth-order valence-corrected chi connectivity index (χ4v) is 2.52. The average molecular weight is 317 g/mol. The first-order chi connectivity index (χ1) is 9.79. The third-order valence-corrected chi connectivity index (χ3v) is 3.70. The molecule has 2 rings (SSSR count). The largest absolute Gasteiger partial charge is 0.493 e. The van der Waals surface area contributed by atoms with E-state index in [1.807, 2.05) is 13.0 Å². The van der Waals surface area contributed by atoms with E-state index in [0.717, 1.165) is 44.1 Å². The van der Waals surface area contributed by atoms with Crippen molar-refractivity contribution in [3.8, 4) is 5.75 Å². The standard InChI is InChI=1S/C16H25FN2O.ClH/c1-2-9-20-16-10-15(17)4-3-14(16)12-19-11-13-5-7-18-8-6-13;/h3-4,10,13,18-19H,2,5-9,11-12H2,1H3;1H. The van der Waals surface area contributed by atoms with Gasteiger partial charge in [-0.05, 0) is 50.9 Å². The summed E-state index contributed by atoms with van der Waals surface area (Å²) in [5.74, 6) is 1.18. The number of nitrogens with one attached hydrogen (secondary N) is 2. The van der Waals surface area contributed by atoms with Crippen molar-refractivity contribution >= 4 is 12.4 Å². The Morgan fingerprint density at radius 1 is 1.33 bits per heavy atom. The smallest absolute Gasteiger partial charge is 0.126 e. The van der Waals surface area contributed by atoms with Gasteiger partial charge in [-0.1, -0.05) is 13.0 Å². The molecule has 0 spiro atoms. The van der Waals surface area contributed by atoms with Gasteiger partial charge >= 0.3 is 0 Å². The fourth-order valence-electron chi connectivity index (χ4n) is 2.52. The predicted molar refractivity (Wildman–Crippen MR) is 86.7 cm³/mol. The second kappa shape index (κ2) is 9.98. The maximum atomic E-state index is 13.3. The summed E-state index contributed by atoms with van der Waals surface area (Å²) in [6.07, 6.45) is 3.39. The first kappa shape index (κ1) is 18.2. The highest BCUT2D eigenvalue weighted by Crippen LogP contribution is 2.20. The predicted octanol–water partition coefficient (Wildman–Crippen LogP) is 3.13. The molecule has 0 saturated carbocycles. The maximum absolute atomic E-state index is 13.3. The monoisotopic (exact) mass is 316 g/mol. The van der Waals surface area contributed by atoms with E-state index >= 15 is 0 Å². The highest BCUT2D eigenvalue weighted by Gasteiger charge is 2.12. The van der Waals surface area contributed by atoms with Crippen LogP contribution in [0.5, 0.6) is 5.75 Å². The number of piperidine rings is 1. The highest BCUT2D eigenvalue weighted by atomic mass is 35.5. The lowest BCUT2D eigenvalue weighted by molar-refractivity contribution is 0.310. The summed E-state index contributed by atoms with van der Waals surface area (Å²) in [5.41, 5.74) is 1.04. The van der Waals surface area contributed by atoms with Gasteiger partial charge in [0.25, 0.3) is 0 Å². The molecule has 0 aliphatic carbocycles. The molecular formula is C16H26ClFN2O. The zero-order valence-corrected chi connectivity index (χ0v) is 13.5. The van der Waals surface area contributed by atoms with E-state index in [-0.39, 0.29) is 18.2 Å². The molecule has 0 aromatic heterocycles. The molecule has 2 N–H and O–H groups in total. The van der Waals surface area contributed by atoms with E-state index in [9.17, 15) is 4.39 Å². The van der Waals surface area contributed by atoms with Crippen LogP contribution in [0.3, 0.4) is 0 Å². The quantitative estimate of drug-likeness (QED) is 0.811. The molecule has 21 heavy (non-hydrogen) atoms. The summed E-state index contributed by atoms with van der Waals surface area (Å²) in [4.78, 5) is 0. The minimum absolute atomic E-state index is 0. The van der Waals surface area contributed by atoms with Gasteiger partial charge in [-0.3, -0.25) is 0 Å². The lowest BCUT2D eigenvalue weighted by Crippen LogP contribution is -2.33. The van der Waals surface area contributed by atoms with E-state index in [2.05, 4.69) is 10.6 Å². The molecule has 0 amide bonds. The molecule has 5 heteroatoms. The van der Waals surface area contributed by atoms with Crippen LogP contribution in [0.25, 0.3) is 0 Å². The third kappa shape index (κ3) is 6.20. The molecule has 1 saturated heterocycles. The number of benzene rings is 1. The highest BCUT2D eigenvalue weighted by molar-refractivity contribution is 5.85. The molecule has 1 aromatic carbocycles. The van der Waals surface area contributed by atoms with Crippen LogP contribution in [0.1, 0.15) is 31.7 Å². The minimum atomic E-state index is -0.238. The second-order valence-electron chi connectivity index (χ2n) is 5.42. The van der Waals surface area contributed by atoms with E-state index in [0.29, 0.717) is 12.4 Å². The van der Waals surface area contributed by atoms with E-state index in [1.54, 1.807) is 0 Å². The van der Waals surface area contributed by atoms with Crippen molar-refractivity contribution in [1.82, 2.24) is 10.6 Å². The summed E-state index contributed by atoms with van der Waals surface area (Å²) in [5, 5.41) is 6.85. The Morgan fingerprint density at radius 2 is 2.10 bits per heavy atom. The van der Waals surface area contributed by atoms with Crippen LogP contribution in [-0.2, 0) is 6.54 Å². The Bertz CT molecular complexity index is 411. The van der Waals surface area contributed by atoms with Crippen LogP contribution in [0.15, 0.2) is 18.2 Å². The molecule has 1 fully saturated rings. The normalized spacial score (nSPS) is 15.5. The molecule has 120 valence electrons. The Morgan fingerprint density at radius 3 is 2.81 bits per heavy atom. The van der Waals surface area contributed by atoms with Crippen LogP contribution in [0, 0.1) is 11.7 Å². The molecule has 1 aliphatic rings. The topological polar surface area (TPSA) is 33.3 Å². The molecule has 1 aromatic rings. The van der Waals surface area contributed by atoms with Crippen LogP contribution >= 0.6 is 12.4 Å². The van der Waals surface area contributed by atoms with Crippen molar-refractivity contribution in [2.75, 3.05) is 26.2 Å². The molecule has 3 nitrogen and oxygen atoms in total. The SMILES string of the molecule is CCCOc1cc(F)ccc1CNCC1CCNCC1.Cl. The van der Waals surface area contributed by atoms with E-state index < -0.39 is 0 Å². The van der Waals surface area contributed by atoms with Gasteiger partial charge in [0.05, 0.1) is 6.61 Å². The van der Waals surface area contributed by atoms with Crippen LogP contribution < -0.4 is 15.4 Å². The van der Waals surface area contributed by atoms with Gasteiger partial charge in [-0.15, -0.1) is 12.4 Å². The maximum Gasteiger partial charge on any atom is 0.126 e. The third-order valence-electron chi connectivity index (χ3n) is 3.70. The minimum Gasteiger partial charge on any atom is -0.493 e. The summed E-state index contributed by atoms with van der Waals surface area (Å²) < 4.78 is 18.9. The zero-order chi connectivity index (χ0) is 14.2. The Balaban J connectivity index is 0.00000220. The van der Waals surface area contributed by atoms with Crippen molar-refractivity contribution < 1.29 is 9.13 Å². The first-order valence-electron chi connectivity index (χ1n) is 7.62. The molecule has 1 aliphatic heterocycles. The van der Waals surface area contributed by atoms with Crippen LogP contribution in [0.2, 0.25) is 0 Å². The Hall–Kier alpha value is -0.840. The van der Waals surface area contributed by atoms with Crippen molar-refractivity contribution in [3.63, 3.8) is 0 Å². The summed E-state index contributed by atoms with van der Waals surface area (Å²) >= 11 is 0. The van der Waals surface area contributed by atoms with Gasteiger partial charge < -0.3 is 15.4 Å². The number of halogens is 2.